The summed E-state index contributed by atoms with van der Waals surface area (Å²) in [6.45, 7) is 5.80. The predicted molar refractivity (Wildman–Crippen MR) is 65.7 cm³/mol. The number of hydrogen-bond donors (Lipinski definition) is 1. The van der Waals surface area contributed by atoms with E-state index in [0.29, 0.717) is 6.61 Å². The number of halogens is 1. The molecule has 0 aromatic heterocycles. The maximum atomic E-state index is 9.51. The summed E-state index contributed by atoms with van der Waals surface area (Å²) in [5.41, 5.74) is 0.378. The molecule has 0 radical (unpaired) electrons. The highest BCUT2D eigenvalue weighted by atomic mass is 127. The van der Waals surface area contributed by atoms with Gasteiger partial charge in [0.15, 0.2) is 0 Å². The maximum absolute atomic E-state index is 9.51. The summed E-state index contributed by atoms with van der Waals surface area (Å²) in [5.74, 6) is 0.840. The quantitative estimate of drug-likeness (QED) is 0.870. The molecule has 1 rings (SSSR count). The van der Waals surface area contributed by atoms with E-state index < -0.39 is 5.60 Å². The minimum atomic E-state index is -0.785. The summed E-state index contributed by atoms with van der Waals surface area (Å²) in [7, 11) is 0. The predicted octanol–water partition coefficient (Wildman–Crippen LogP) is 2.75. The minimum absolute atomic E-state index is 0.312. The average molecular weight is 306 g/mol. The van der Waals surface area contributed by atoms with Gasteiger partial charge in [-0.2, -0.15) is 0 Å². The number of rotatable bonds is 3. The second-order valence-electron chi connectivity index (χ2n) is 4.03. The van der Waals surface area contributed by atoms with Crippen molar-refractivity contribution in [2.45, 2.75) is 26.4 Å². The summed E-state index contributed by atoms with van der Waals surface area (Å²) >= 11 is 2.22. The molecule has 0 atom stereocenters. The molecule has 0 unspecified atom stereocenters. The van der Waals surface area contributed by atoms with Crippen LogP contribution in [0.1, 0.15) is 19.4 Å². The minimum Gasteiger partial charge on any atom is -0.489 e. The van der Waals surface area contributed by atoms with Gasteiger partial charge in [-0.3, -0.25) is 0 Å². The number of benzene rings is 1. The Hall–Kier alpha value is -0.290. The van der Waals surface area contributed by atoms with Gasteiger partial charge in [0.2, 0.25) is 0 Å². The highest BCUT2D eigenvalue weighted by molar-refractivity contribution is 14.1. The second-order valence-corrected chi connectivity index (χ2v) is 5.20. The van der Waals surface area contributed by atoms with E-state index in [9.17, 15) is 5.11 Å². The lowest BCUT2D eigenvalue weighted by Gasteiger charge is -2.18. The van der Waals surface area contributed by atoms with Crippen molar-refractivity contribution in [2.24, 2.45) is 0 Å². The van der Waals surface area contributed by atoms with E-state index in [1.807, 2.05) is 25.1 Å². The fourth-order valence-corrected chi connectivity index (χ4v) is 1.47. The third kappa shape index (κ3) is 3.84. The van der Waals surface area contributed by atoms with Gasteiger partial charge in [-0.15, -0.1) is 0 Å². The largest absolute Gasteiger partial charge is 0.489 e. The summed E-state index contributed by atoms with van der Waals surface area (Å²) in [5, 5.41) is 9.51. The topological polar surface area (TPSA) is 29.5 Å². The van der Waals surface area contributed by atoms with Gasteiger partial charge < -0.3 is 9.84 Å². The molecule has 1 aromatic carbocycles. The molecule has 0 aliphatic heterocycles. The van der Waals surface area contributed by atoms with Gasteiger partial charge in [0.05, 0.1) is 9.17 Å². The Bertz CT molecular complexity index is 316. The Labute approximate surface area is 98.4 Å². The van der Waals surface area contributed by atoms with Crippen molar-refractivity contribution in [1.29, 1.82) is 0 Å². The third-order valence-electron chi connectivity index (χ3n) is 1.67. The fourth-order valence-electron chi connectivity index (χ4n) is 0.976. The van der Waals surface area contributed by atoms with E-state index in [4.69, 9.17) is 4.74 Å². The summed E-state index contributed by atoms with van der Waals surface area (Å²) in [4.78, 5) is 0. The third-order valence-corrected chi connectivity index (χ3v) is 2.56. The Kier molecular flexibility index (Phi) is 3.78. The highest BCUT2D eigenvalue weighted by Gasteiger charge is 2.14. The van der Waals surface area contributed by atoms with Crippen LogP contribution in [0.3, 0.4) is 0 Å². The smallest absolute Gasteiger partial charge is 0.133 e. The molecule has 1 aromatic rings. The first-order valence-corrected chi connectivity index (χ1v) is 5.58. The number of aryl methyl sites for hydroxylation is 1. The van der Waals surface area contributed by atoms with Gasteiger partial charge in [-0.05, 0) is 61.1 Å². The van der Waals surface area contributed by atoms with Gasteiger partial charge in [-0.1, -0.05) is 6.07 Å². The van der Waals surface area contributed by atoms with Gasteiger partial charge in [0.25, 0.3) is 0 Å². The second kappa shape index (κ2) is 4.49. The van der Waals surface area contributed by atoms with Crippen LogP contribution in [0.4, 0.5) is 0 Å². The zero-order valence-corrected chi connectivity index (χ0v) is 10.8. The van der Waals surface area contributed by atoms with Crippen LogP contribution < -0.4 is 4.74 Å². The van der Waals surface area contributed by atoms with E-state index >= 15 is 0 Å². The number of hydrogen-bond acceptors (Lipinski definition) is 2. The molecular weight excluding hydrogens is 291 g/mol. The number of ether oxygens (including phenoxy) is 1. The van der Waals surface area contributed by atoms with E-state index in [-0.39, 0.29) is 0 Å². The molecule has 0 fully saturated rings. The van der Waals surface area contributed by atoms with Crippen molar-refractivity contribution >= 4 is 22.6 Å². The first kappa shape index (κ1) is 11.8. The monoisotopic (exact) mass is 306 g/mol. The van der Waals surface area contributed by atoms with Crippen molar-refractivity contribution in [3.8, 4) is 5.75 Å². The normalized spacial score (nSPS) is 11.5. The molecule has 0 amide bonds. The summed E-state index contributed by atoms with van der Waals surface area (Å²) in [6, 6.07) is 6.03. The lowest BCUT2D eigenvalue weighted by molar-refractivity contribution is 0.0281. The highest BCUT2D eigenvalue weighted by Crippen LogP contribution is 2.22. The Morgan fingerprint density at radius 1 is 1.43 bits per heavy atom. The Morgan fingerprint density at radius 2 is 2.07 bits per heavy atom. The van der Waals surface area contributed by atoms with Crippen LogP contribution in [-0.4, -0.2) is 17.3 Å². The van der Waals surface area contributed by atoms with Crippen molar-refractivity contribution < 1.29 is 9.84 Å². The molecule has 0 spiro atoms. The van der Waals surface area contributed by atoms with Gasteiger partial charge in [0.1, 0.15) is 12.4 Å². The van der Waals surface area contributed by atoms with Crippen molar-refractivity contribution in [2.75, 3.05) is 6.61 Å². The Morgan fingerprint density at radius 3 is 2.64 bits per heavy atom. The van der Waals surface area contributed by atoms with Crippen LogP contribution in [-0.2, 0) is 0 Å². The average Bonchev–Trinajstić information content (AvgIpc) is 2.05. The first-order valence-electron chi connectivity index (χ1n) is 4.50. The SMILES string of the molecule is Cc1ccc(I)c(OCC(C)(C)O)c1. The zero-order valence-electron chi connectivity index (χ0n) is 8.67. The lowest BCUT2D eigenvalue weighted by Crippen LogP contribution is -2.28. The zero-order chi connectivity index (χ0) is 10.8. The van der Waals surface area contributed by atoms with Crippen molar-refractivity contribution in [1.82, 2.24) is 0 Å². The van der Waals surface area contributed by atoms with E-state index in [1.165, 1.54) is 0 Å². The standard InChI is InChI=1S/C11H15IO2/c1-8-4-5-9(12)10(6-8)14-7-11(2,3)13/h4-6,13H,7H2,1-3H3. The van der Waals surface area contributed by atoms with Crippen LogP contribution in [0.25, 0.3) is 0 Å². The van der Waals surface area contributed by atoms with Gasteiger partial charge >= 0.3 is 0 Å². The van der Waals surface area contributed by atoms with Gasteiger partial charge in [-0.25, -0.2) is 0 Å². The Balaban J connectivity index is 2.72. The van der Waals surface area contributed by atoms with Crippen molar-refractivity contribution in [3.05, 3.63) is 27.3 Å². The van der Waals surface area contributed by atoms with Crippen LogP contribution in [0.15, 0.2) is 18.2 Å². The molecule has 0 bridgehead atoms. The van der Waals surface area contributed by atoms with E-state index in [1.54, 1.807) is 13.8 Å². The molecule has 3 heteroatoms. The first-order chi connectivity index (χ1) is 6.38. The molecule has 2 nitrogen and oxygen atoms in total. The van der Waals surface area contributed by atoms with Gasteiger partial charge in [0, 0.05) is 0 Å². The molecule has 14 heavy (non-hydrogen) atoms. The summed E-state index contributed by atoms with van der Waals surface area (Å²) in [6.07, 6.45) is 0. The van der Waals surface area contributed by atoms with Crippen LogP contribution in [0.5, 0.6) is 5.75 Å². The molecule has 0 aliphatic rings. The fraction of sp³-hybridized carbons (Fsp3) is 0.455. The van der Waals surface area contributed by atoms with Crippen LogP contribution >= 0.6 is 22.6 Å². The van der Waals surface area contributed by atoms with E-state index in [0.717, 1.165) is 14.9 Å². The van der Waals surface area contributed by atoms with Crippen molar-refractivity contribution in [3.63, 3.8) is 0 Å². The molecule has 0 saturated heterocycles. The lowest BCUT2D eigenvalue weighted by atomic mass is 10.2. The molecular formula is C11H15IO2. The van der Waals surface area contributed by atoms with Crippen LogP contribution in [0, 0.1) is 10.5 Å². The number of aliphatic hydroxyl groups is 1. The molecule has 0 heterocycles. The summed E-state index contributed by atoms with van der Waals surface area (Å²) < 4.78 is 6.59. The molecule has 0 saturated carbocycles. The van der Waals surface area contributed by atoms with Crippen LogP contribution in [0.2, 0.25) is 0 Å². The maximum Gasteiger partial charge on any atom is 0.133 e. The molecule has 78 valence electrons. The molecule has 0 aliphatic carbocycles. The molecule has 1 N–H and O–H groups in total. The van der Waals surface area contributed by atoms with E-state index in [2.05, 4.69) is 22.6 Å².